The lowest BCUT2D eigenvalue weighted by Gasteiger charge is -2.30. The van der Waals surface area contributed by atoms with Crippen molar-refractivity contribution in [2.45, 2.75) is 33.4 Å². The minimum atomic E-state index is -2.94. The number of thiocarbonyl (C=S) groups is 1. The molecule has 0 bridgehead atoms. The van der Waals surface area contributed by atoms with Crippen LogP contribution in [0.5, 0.6) is 5.75 Å². The van der Waals surface area contributed by atoms with E-state index in [-0.39, 0.29) is 16.4 Å². The van der Waals surface area contributed by atoms with Gasteiger partial charge in [0, 0.05) is 5.70 Å². The van der Waals surface area contributed by atoms with E-state index in [2.05, 4.69) is 20.1 Å². The Morgan fingerprint density at radius 1 is 1.19 bits per heavy atom. The number of halogens is 2. The van der Waals surface area contributed by atoms with Gasteiger partial charge in [0.15, 0.2) is 5.11 Å². The molecule has 0 aliphatic carbocycles. The van der Waals surface area contributed by atoms with Crippen LogP contribution in [-0.4, -0.2) is 30.6 Å². The molecule has 1 aliphatic rings. The van der Waals surface area contributed by atoms with E-state index in [9.17, 15) is 18.4 Å². The van der Waals surface area contributed by atoms with Gasteiger partial charge < -0.3 is 20.1 Å². The molecule has 1 aromatic carbocycles. The third-order valence-electron chi connectivity index (χ3n) is 3.91. The Bertz CT molecular complexity index is 785. The van der Waals surface area contributed by atoms with Crippen molar-refractivity contribution in [1.82, 2.24) is 10.6 Å². The normalized spacial score (nSPS) is 16.9. The number of ether oxygens (including phenoxy) is 2. The fraction of sp³-hybridized carbons (Fsp3) is 0.353. The maximum Gasteiger partial charge on any atom is 0.387 e. The molecule has 1 aliphatic heterocycles. The molecule has 1 atom stereocenters. The highest BCUT2D eigenvalue weighted by molar-refractivity contribution is 7.80. The zero-order valence-electron chi connectivity index (χ0n) is 14.6. The molecule has 0 radical (unpaired) electrons. The first-order valence-corrected chi connectivity index (χ1v) is 8.03. The van der Waals surface area contributed by atoms with E-state index in [1.807, 2.05) is 0 Å². The topological polar surface area (TPSA) is 76.7 Å². The first-order valence-electron chi connectivity index (χ1n) is 7.62. The Morgan fingerprint density at radius 3 is 2.27 bits per heavy atom. The van der Waals surface area contributed by atoms with Gasteiger partial charge in [-0.05, 0) is 61.8 Å². The third kappa shape index (κ3) is 3.98. The number of benzene rings is 1. The molecule has 0 unspecified atom stereocenters. The predicted octanol–water partition coefficient (Wildman–Crippen LogP) is 2.44. The van der Waals surface area contributed by atoms with E-state index in [0.29, 0.717) is 22.4 Å². The van der Waals surface area contributed by atoms with Crippen LogP contribution in [0.4, 0.5) is 8.78 Å². The summed E-state index contributed by atoms with van der Waals surface area (Å²) in [5, 5.41) is 6.01. The largest absolute Gasteiger partial charge is 0.463 e. The molecule has 1 heterocycles. The molecule has 2 N–H and O–H groups in total. The second kappa shape index (κ2) is 7.77. The number of hydrogen-bond acceptors (Lipinski definition) is 5. The minimum absolute atomic E-state index is 0.0711. The zero-order chi connectivity index (χ0) is 19.6. The second-order valence-corrected chi connectivity index (χ2v) is 6.16. The molecule has 0 saturated carbocycles. The lowest BCUT2D eigenvalue weighted by molar-refractivity contribution is -0.150. The lowest BCUT2D eigenvalue weighted by Crippen LogP contribution is -2.46. The second-order valence-electron chi connectivity index (χ2n) is 5.75. The number of rotatable bonds is 5. The summed E-state index contributed by atoms with van der Waals surface area (Å²) in [6.07, 6.45) is 0. The lowest BCUT2D eigenvalue weighted by atomic mass is 9.90. The van der Waals surface area contributed by atoms with Crippen LogP contribution >= 0.6 is 12.2 Å². The van der Waals surface area contributed by atoms with Crippen LogP contribution < -0.4 is 15.4 Å². The molecule has 140 valence electrons. The number of methoxy groups -OCH3 is 1. The van der Waals surface area contributed by atoms with Gasteiger partial charge in [-0.25, -0.2) is 4.79 Å². The average Bonchev–Trinajstić information content (AvgIpc) is 2.55. The Kier molecular flexibility index (Phi) is 5.91. The molecule has 9 heteroatoms. The Morgan fingerprint density at radius 2 is 1.77 bits per heavy atom. The molecule has 0 spiro atoms. The van der Waals surface area contributed by atoms with Crippen LogP contribution in [0, 0.1) is 13.8 Å². The van der Waals surface area contributed by atoms with E-state index >= 15 is 0 Å². The summed E-state index contributed by atoms with van der Waals surface area (Å²) in [6.45, 7) is 1.91. The predicted molar refractivity (Wildman–Crippen MR) is 93.9 cm³/mol. The highest BCUT2D eigenvalue weighted by atomic mass is 32.1. The molecule has 0 aromatic heterocycles. The summed E-state index contributed by atoms with van der Waals surface area (Å²) in [4.78, 5) is 24.2. The van der Waals surface area contributed by atoms with Crippen molar-refractivity contribution in [3.8, 4) is 5.75 Å². The molecule has 6 nitrogen and oxygen atoms in total. The number of carbonyl (C=O) groups is 2. The number of allylic oxidation sites excluding steroid dienone is 1. The smallest absolute Gasteiger partial charge is 0.387 e. The summed E-state index contributed by atoms with van der Waals surface area (Å²) in [5.74, 6) is -1.76. The average molecular weight is 384 g/mol. The van der Waals surface area contributed by atoms with Crippen LogP contribution in [-0.2, 0) is 14.3 Å². The fourth-order valence-corrected chi connectivity index (χ4v) is 3.14. The van der Waals surface area contributed by atoms with Crippen LogP contribution in [0.1, 0.15) is 29.7 Å². The summed E-state index contributed by atoms with van der Waals surface area (Å²) in [5.41, 5.74) is 2.07. The molecule has 0 saturated heterocycles. The molecular weight excluding hydrogens is 366 g/mol. The molecule has 26 heavy (non-hydrogen) atoms. The fourth-order valence-electron chi connectivity index (χ4n) is 2.87. The van der Waals surface area contributed by atoms with Gasteiger partial charge in [0.1, 0.15) is 5.75 Å². The summed E-state index contributed by atoms with van der Waals surface area (Å²) in [7, 11) is 1.12. The number of ketones is 1. The number of aryl methyl sites for hydroxylation is 2. The van der Waals surface area contributed by atoms with Gasteiger partial charge >= 0.3 is 12.6 Å². The maximum atomic E-state index is 12.6. The molecule has 1 aromatic rings. The van der Waals surface area contributed by atoms with E-state index < -0.39 is 24.4 Å². The first kappa shape index (κ1) is 19.8. The molecule has 2 rings (SSSR count). The van der Waals surface area contributed by atoms with Gasteiger partial charge in [0.25, 0.3) is 5.78 Å². The zero-order valence-corrected chi connectivity index (χ0v) is 15.4. The monoisotopic (exact) mass is 384 g/mol. The van der Waals surface area contributed by atoms with Crippen molar-refractivity contribution in [2.75, 3.05) is 7.11 Å². The number of alkyl halides is 2. The Balaban J connectivity index is 2.53. The van der Waals surface area contributed by atoms with Crippen molar-refractivity contribution in [3.05, 3.63) is 40.1 Å². The van der Waals surface area contributed by atoms with Crippen LogP contribution in [0.3, 0.4) is 0 Å². The first-order chi connectivity index (χ1) is 12.1. The molecule has 0 fully saturated rings. The van der Waals surface area contributed by atoms with Crippen molar-refractivity contribution >= 4 is 29.1 Å². The number of nitrogens with one attached hydrogen (secondary N) is 2. The van der Waals surface area contributed by atoms with E-state index in [4.69, 9.17) is 12.2 Å². The third-order valence-corrected chi connectivity index (χ3v) is 4.13. The quantitative estimate of drug-likeness (QED) is 0.459. The minimum Gasteiger partial charge on any atom is -0.463 e. The molecule has 0 amide bonds. The van der Waals surface area contributed by atoms with Crippen LogP contribution in [0.15, 0.2) is 23.4 Å². The highest BCUT2D eigenvalue weighted by Gasteiger charge is 2.34. The van der Waals surface area contributed by atoms with Crippen molar-refractivity contribution < 1.29 is 27.8 Å². The van der Waals surface area contributed by atoms with Crippen LogP contribution in [0.2, 0.25) is 0 Å². The van der Waals surface area contributed by atoms with Gasteiger partial charge in [-0.3, -0.25) is 4.79 Å². The summed E-state index contributed by atoms with van der Waals surface area (Å²) >= 11 is 5.13. The van der Waals surface area contributed by atoms with Gasteiger partial charge in [-0.1, -0.05) is 0 Å². The van der Waals surface area contributed by atoms with Crippen molar-refractivity contribution in [1.29, 1.82) is 0 Å². The van der Waals surface area contributed by atoms with Crippen molar-refractivity contribution in [2.24, 2.45) is 0 Å². The number of Topliss-reactive ketones (excluding diaryl/α,β-unsaturated/α-hetero) is 1. The maximum absolute atomic E-state index is 12.6. The Labute approximate surface area is 154 Å². The van der Waals surface area contributed by atoms with E-state index in [1.165, 1.54) is 0 Å². The van der Waals surface area contributed by atoms with Gasteiger partial charge in [0.2, 0.25) is 0 Å². The van der Waals surface area contributed by atoms with E-state index in [1.54, 1.807) is 32.9 Å². The Hall–Kier alpha value is -2.55. The highest BCUT2D eigenvalue weighted by Crippen LogP contribution is 2.33. The van der Waals surface area contributed by atoms with E-state index in [0.717, 1.165) is 7.11 Å². The van der Waals surface area contributed by atoms with Gasteiger partial charge in [0.05, 0.1) is 18.7 Å². The number of hydrogen-bond donors (Lipinski definition) is 2. The SMILES string of the molecule is COC(=O)C(=O)C1=C(C)NC(=S)N[C@@H]1c1cc(C)c(OC(F)F)c(C)c1. The van der Waals surface area contributed by atoms with Gasteiger partial charge in [-0.2, -0.15) is 8.78 Å². The standard InChI is InChI=1S/C17H18F2N2O4S/c1-7-5-10(6-8(2)14(7)25-16(18)19)12-11(13(22)15(23)24-4)9(3)20-17(26)21-12/h5-6,12,16H,1-4H3,(H2,20,21,26)/t12-/m1/s1. The molecular formula is C17H18F2N2O4S. The summed E-state index contributed by atoms with van der Waals surface area (Å²) in [6, 6.07) is 2.48. The van der Waals surface area contributed by atoms with Crippen LogP contribution in [0.25, 0.3) is 0 Å². The summed E-state index contributed by atoms with van der Waals surface area (Å²) < 4.78 is 34.2. The van der Waals surface area contributed by atoms with Crippen molar-refractivity contribution in [3.63, 3.8) is 0 Å². The number of carbonyl (C=O) groups excluding carboxylic acids is 2. The van der Waals surface area contributed by atoms with Gasteiger partial charge in [-0.15, -0.1) is 0 Å². The number of esters is 1.